The zero-order valence-electron chi connectivity index (χ0n) is 11.1. The third-order valence-corrected chi connectivity index (χ3v) is 3.35. The summed E-state index contributed by atoms with van der Waals surface area (Å²) >= 11 is 0. The molecule has 2 aromatic rings. The summed E-state index contributed by atoms with van der Waals surface area (Å²) in [4.78, 5) is 19.2. The molecule has 0 unspecified atom stereocenters. The molecule has 1 N–H and O–H groups in total. The number of nitrogens with zero attached hydrogens (tertiary/aromatic N) is 1. The van der Waals surface area contributed by atoms with Crippen LogP contribution in [0.3, 0.4) is 0 Å². The van der Waals surface area contributed by atoms with Gasteiger partial charge in [-0.2, -0.15) is 0 Å². The highest BCUT2D eigenvalue weighted by Gasteiger charge is 2.26. The van der Waals surface area contributed by atoms with Crippen molar-refractivity contribution in [3.05, 3.63) is 46.0 Å². The monoisotopic (exact) mass is 256 g/mol. The van der Waals surface area contributed by atoms with E-state index in [2.05, 4.69) is 9.97 Å². The van der Waals surface area contributed by atoms with Crippen molar-refractivity contribution in [1.82, 2.24) is 9.97 Å². The number of rotatable bonds is 3. The lowest BCUT2D eigenvalue weighted by molar-refractivity contribution is 0.416. The molecule has 19 heavy (non-hydrogen) atoms. The predicted octanol–water partition coefficient (Wildman–Crippen LogP) is 2.63. The van der Waals surface area contributed by atoms with E-state index in [1.165, 1.54) is 6.07 Å². The second-order valence-corrected chi connectivity index (χ2v) is 4.99. The van der Waals surface area contributed by atoms with Gasteiger partial charge < -0.3 is 9.72 Å². The second kappa shape index (κ2) is 4.53. The number of hydrogen-bond donors (Lipinski definition) is 1. The first-order valence-electron chi connectivity index (χ1n) is 6.43. The fraction of sp³-hybridized carbons (Fsp3) is 0.333. The summed E-state index contributed by atoms with van der Waals surface area (Å²) in [6, 6.07) is 7.42. The summed E-state index contributed by atoms with van der Waals surface area (Å²) < 4.78 is 5.36. The van der Waals surface area contributed by atoms with E-state index in [-0.39, 0.29) is 5.56 Å². The van der Waals surface area contributed by atoms with Crippen molar-refractivity contribution < 1.29 is 4.74 Å². The van der Waals surface area contributed by atoms with Gasteiger partial charge in [0.25, 0.3) is 5.56 Å². The van der Waals surface area contributed by atoms with E-state index in [0.717, 1.165) is 35.5 Å². The van der Waals surface area contributed by atoms with Gasteiger partial charge in [0.05, 0.1) is 12.8 Å². The number of benzene rings is 1. The Balaban J connectivity index is 2.15. The molecule has 0 spiro atoms. The standard InChI is InChI=1S/C15H16N2O2/c1-9-3-6-13(19-2)11(7-9)12-8-14(18)17-15(16-12)10-4-5-10/h3,6-8,10H,4-5H2,1-2H3,(H,16,17,18). The van der Waals surface area contributed by atoms with Crippen LogP contribution in [0, 0.1) is 6.92 Å². The Morgan fingerprint density at radius 3 is 2.79 bits per heavy atom. The maximum Gasteiger partial charge on any atom is 0.251 e. The van der Waals surface area contributed by atoms with Gasteiger partial charge in [-0.3, -0.25) is 4.79 Å². The number of aromatic nitrogens is 2. The molecule has 1 aliphatic rings. The highest BCUT2D eigenvalue weighted by atomic mass is 16.5. The molecular weight excluding hydrogens is 240 g/mol. The van der Waals surface area contributed by atoms with Gasteiger partial charge in [0.15, 0.2) is 0 Å². The minimum absolute atomic E-state index is 0.101. The number of aryl methyl sites for hydroxylation is 1. The average molecular weight is 256 g/mol. The van der Waals surface area contributed by atoms with Crippen LogP contribution < -0.4 is 10.3 Å². The van der Waals surface area contributed by atoms with Crippen LogP contribution >= 0.6 is 0 Å². The summed E-state index contributed by atoms with van der Waals surface area (Å²) in [7, 11) is 1.63. The molecule has 4 heteroatoms. The smallest absolute Gasteiger partial charge is 0.251 e. The van der Waals surface area contributed by atoms with Gasteiger partial charge in [-0.1, -0.05) is 11.6 Å². The Morgan fingerprint density at radius 1 is 1.32 bits per heavy atom. The fourth-order valence-corrected chi connectivity index (χ4v) is 2.19. The summed E-state index contributed by atoms with van der Waals surface area (Å²) in [5.41, 5.74) is 2.57. The molecule has 0 atom stereocenters. The quantitative estimate of drug-likeness (QED) is 0.918. The molecule has 0 amide bonds. The van der Waals surface area contributed by atoms with Gasteiger partial charge in [0.1, 0.15) is 11.6 Å². The molecule has 0 bridgehead atoms. The van der Waals surface area contributed by atoms with Crippen molar-refractivity contribution in [2.24, 2.45) is 0 Å². The van der Waals surface area contributed by atoms with Crippen LogP contribution in [0.25, 0.3) is 11.3 Å². The minimum Gasteiger partial charge on any atom is -0.496 e. The SMILES string of the molecule is COc1ccc(C)cc1-c1cc(=O)[nH]c(C2CC2)n1. The van der Waals surface area contributed by atoms with Crippen LogP contribution in [0.4, 0.5) is 0 Å². The van der Waals surface area contributed by atoms with Crippen LogP contribution in [-0.4, -0.2) is 17.1 Å². The molecular formula is C15H16N2O2. The first-order valence-corrected chi connectivity index (χ1v) is 6.43. The Bertz CT molecular complexity index is 672. The Labute approximate surface area is 111 Å². The second-order valence-electron chi connectivity index (χ2n) is 4.99. The molecule has 98 valence electrons. The van der Waals surface area contributed by atoms with Crippen molar-refractivity contribution in [3.63, 3.8) is 0 Å². The number of aromatic amines is 1. The molecule has 1 aromatic carbocycles. The first kappa shape index (κ1) is 12.0. The van der Waals surface area contributed by atoms with Crippen molar-refractivity contribution in [1.29, 1.82) is 0 Å². The molecule has 4 nitrogen and oxygen atoms in total. The van der Waals surface area contributed by atoms with E-state index in [9.17, 15) is 4.79 Å². The zero-order valence-corrected chi connectivity index (χ0v) is 11.1. The van der Waals surface area contributed by atoms with Crippen molar-refractivity contribution in [2.45, 2.75) is 25.7 Å². The summed E-state index contributed by atoms with van der Waals surface area (Å²) in [6.07, 6.45) is 2.22. The van der Waals surface area contributed by atoms with Gasteiger partial charge in [0.2, 0.25) is 0 Å². The van der Waals surface area contributed by atoms with Crippen molar-refractivity contribution in [2.75, 3.05) is 7.11 Å². The summed E-state index contributed by atoms with van der Waals surface area (Å²) in [5, 5.41) is 0. The van der Waals surface area contributed by atoms with E-state index >= 15 is 0 Å². The average Bonchev–Trinajstić information content (AvgIpc) is 3.22. The molecule has 1 saturated carbocycles. The lowest BCUT2D eigenvalue weighted by Gasteiger charge is -2.09. The van der Waals surface area contributed by atoms with Crippen molar-refractivity contribution >= 4 is 0 Å². The fourth-order valence-electron chi connectivity index (χ4n) is 2.19. The number of H-pyrrole nitrogens is 1. The number of methoxy groups -OCH3 is 1. The van der Waals surface area contributed by atoms with Gasteiger partial charge in [0, 0.05) is 17.5 Å². The van der Waals surface area contributed by atoms with E-state index in [1.54, 1.807) is 7.11 Å². The normalized spacial score (nSPS) is 14.4. The van der Waals surface area contributed by atoms with E-state index in [0.29, 0.717) is 11.6 Å². The van der Waals surface area contributed by atoms with Gasteiger partial charge >= 0.3 is 0 Å². The maximum atomic E-state index is 11.8. The predicted molar refractivity (Wildman–Crippen MR) is 73.6 cm³/mol. The van der Waals surface area contributed by atoms with Crippen LogP contribution in [-0.2, 0) is 0 Å². The van der Waals surface area contributed by atoms with E-state index < -0.39 is 0 Å². The Kier molecular flexibility index (Phi) is 2.85. The minimum atomic E-state index is -0.101. The topological polar surface area (TPSA) is 55.0 Å². The largest absolute Gasteiger partial charge is 0.496 e. The van der Waals surface area contributed by atoms with Crippen LogP contribution in [0.5, 0.6) is 5.75 Å². The molecule has 0 radical (unpaired) electrons. The van der Waals surface area contributed by atoms with E-state index in [4.69, 9.17) is 4.74 Å². The summed E-state index contributed by atoms with van der Waals surface area (Å²) in [5.74, 6) is 1.96. The molecule has 3 rings (SSSR count). The zero-order chi connectivity index (χ0) is 13.4. The van der Waals surface area contributed by atoms with Crippen molar-refractivity contribution in [3.8, 4) is 17.0 Å². The highest BCUT2D eigenvalue weighted by molar-refractivity contribution is 5.67. The maximum absolute atomic E-state index is 11.8. The Hall–Kier alpha value is -2.10. The molecule has 1 fully saturated rings. The molecule has 1 heterocycles. The van der Waals surface area contributed by atoms with Crippen LogP contribution in [0.15, 0.2) is 29.1 Å². The summed E-state index contributed by atoms with van der Waals surface area (Å²) in [6.45, 7) is 2.01. The molecule has 1 aliphatic carbocycles. The molecule has 1 aromatic heterocycles. The molecule has 0 saturated heterocycles. The number of nitrogens with one attached hydrogen (secondary N) is 1. The third kappa shape index (κ3) is 2.38. The van der Waals surface area contributed by atoms with E-state index in [1.807, 2.05) is 25.1 Å². The number of ether oxygens (including phenoxy) is 1. The lowest BCUT2D eigenvalue weighted by Crippen LogP contribution is -2.10. The highest BCUT2D eigenvalue weighted by Crippen LogP contribution is 2.38. The van der Waals surface area contributed by atoms with Crippen LogP contribution in [0.1, 0.15) is 30.1 Å². The Morgan fingerprint density at radius 2 is 2.11 bits per heavy atom. The molecule has 0 aliphatic heterocycles. The van der Waals surface area contributed by atoms with Gasteiger partial charge in [-0.25, -0.2) is 4.98 Å². The van der Waals surface area contributed by atoms with Gasteiger partial charge in [-0.05, 0) is 31.9 Å². The lowest BCUT2D eigenvalue weighted by atomic mass is 10.1. The third-order valence-electron chi connectivity index (χ3n) is 3.35. The first-order chi connectivity index (χ1) is 9.17. The van der Waals surface area contributed by atoms with Crippen LogP contribution in [0.2, 0.25) is 0 Å². The van der Waals surface area contributed by atoms with Gasteiger partial charge in [-0.15, -0.1) is 0 Å². The number of hydrogen-bond acceptors (Lipinski definition) is 3.